The van der Waals surface area contributed by atoms with Gasteiger partial charge in [0.1, 0.15) is 0 Å². The van der Waals surface area contributed by atoms with E-state index in [0.29, 0.717) is 0 Å². The Bertz CT molecular complexity index is 153. The summed E-state index contributed by atoms with van der Waals surface area (Å²) >= 11 is 0. The number of hydrogen-bond acceptors (Lipinski definition) is 6. The van der Waals surface area contributed by atoms with Gasteiger partial charge in [0.2, 0.25) is 0 Å². The second-order valence-corrected chi connectivity index (χ2v) is 1.24. The van der Waals surface area contributed by atoms with Gasteiger partial charge >= 0.3 is 6.29 Å². The predicted molar refractivity (Wildman–Crippen MR) is 24.1 cm³/mol. The van der Waals surface area contributed by atoms with Crippen molar-refractivity contribution in [1.82, 2.24) is 0 Å². The Morgan fingerprint density at radius 2 is 1.40 bits per heavy atom. The van der Waals surface area contributed by atoms with Crippen LogP contribution < -0.4 is 0 Å². The zero-order valence-corrected chi connectivity index (χ0v) is 4.46. The lowest BCUT2D eigenvalue weighted by atomic mass is 10.9. The van der Waals surface area contributed by atoms with Crippen LogP contribution in [0, 0.1) is 31.0 Å². The van der Waals surface area contributed by atoms with Crippen LogP contribution in [0.5, 0.6) is 0 Å². The molecule has 9 heteroatoms. The maximum absolute atomic E-state index is 9.73. The van der Waals surface area contributed by atoms with Gasteiger partial charge in [-0.1, -0.05) is 0 Å². The zero-order valence-electron chi connectivity index (χ0n) is 4.46. The van der Waals surface area contributed by atoms with E-state index in [9.17, 15) is 25.4 Å². The lowest BCUT2D eigenvalue weighted by molar-refractivity contribution is -0.931. The molecule has 9 nitrogen and oxygen atoms in total. The van der Waals surface area contributed by atoms with E-state index in [2.05, 4.69) is 0 Å². The molecule has 10 heavy (non-hydrogen) atoms. The summed E-state index contributed by atoms with van der Waals surface area (Å²) in [6, 6.07) is 0. The van der Waals surface area contributed by atoms with E-state index in [1.54, 1.807) is 0 Å². The summed E-state index contributed by atoms with van der Waals surface area (Å²) in [5, 5.41) is 28.9. The molecule has 1 N–H and O–H groups in total. The van der Waals surface area contributed by atoms with Crippen molar-refractivity contribution < 1.29 is 14.7 Å². The minimum Gasteiger partial charge on any atom is -0.589 e. The molecule has 0 aromatic heterocycles. The standard InChI is InChI=1S/CH2N4O5/c2-3(6)1(4(7)8)5(9)10/h1-2H. The summed E-state index contributed by atoms with van der Waals surface area (Å²) in [5.41, 5.74) is 5.99. The largest absolute Gasteiger partial charge is 0.674 e. The minimum atomic E-state index is -2.72. The van der Waals surface area contributed by atoms with E-state index in [0.717, 1.165) is 0 Å². The SMILES string of the molecule is N=[N+]([O-])C([N+](=O)[O-])[N+](=O)[O-]. The first-order valence-corrected chi connectivity index (χ1v) is 1.91. The van der Waals surface area contributed by atoms with Crippen molar-refractivity contribution >= 4 is 0 Å². The maximum atomic E-state index is 9.73. The molecule has 0 radical (unpaired) electrons. The fourth-order valence-corrected chi connectivity index (χ4v) is 0.248. The smallest absolute Gasteiger partial charge is 0.589 e. The highest BCUT2D eigenvalue weighted by Crippen LogP contribution is 1.90. The van der Waals surface area contributed by atoms with E-state index in [1.807, 2.05) is 0 Å². The zero-order chi connectivity index (χ0) is 8.31. The van der Waals surface area contributed by atoms with Crippen LogP contribution in [0.2, 0.25) is 0 Å². The molecule has 0 unspecified atom stereocenters. The number of rotatable bonds is 3. The van der Waals surface area contributed by atoms with Gasteiger partial charge in [-0.05, 0) is 5.53 Å². The highest BCUT2D eigenvalue weighted by Gasteiger charge is 2.41. The third-order valence-corrected chi connectivity index (χ3v) is 0.587. The summed E-state index contributed by atoms with van der Waals surface area (Å²) in [7, 11) is 0. The van der Waals surface area contributed by atoms with E-state index in [4.69, 9.17) is 5.53 Å². The molecule has 0 aromatic rings. The quantitative estimate of drug-likeness (QED) is 0.187. The van der Waals surface area contributed by atoms with E-state index in [-0.39, 0.29) is 0 Å². The fraction of sp³-hybridized carbons (Fsp3) is 1.00. The second-order valence-electron chi connectivity index (χ2n) is 1.24. The Morgan fingerprint density at radius 3 is 1.40 bits per heavy atom. The first-order valence-electron chi connectivity index (χ1n) is 1.91. The molecule has 56 valence electrons. The Balaban J connectivity index is 4.43. The fourth-order valence-electron chi connectivity index (χ4n) is 0.248. The Morgan fingerprint density at radius 1 is 1.10 bits per heavy atom. The second kappa shape index (κ2) is 2.66. The highest BCUT2D eigenvalue weighted by atomic mass is 16.7. The number of nitrogens with one attached hydrogen (secondary N) is 1. The van der Waals surface area contributed by atoms with Gasteiger partial charge in [-0.3, -0.25) is 20.2 Å². The molecule has 0 spiro atoms. The Labute approximate surface area is 53.2 Å². The van der Waals surface area contributed by atoms with E-state index < -0.39 is 21.0 Å². The van der Waals surface area contributed by atoms with E-state index >= 15 is 0 Å². The molecule has 0 aliphatic heterocycles. The molecular weight excluding hydrogens is 148 g/mol. The Hall–Kier alpha value is -1.80. The van der Waals surface area contributed by atoms with Crippen LogP contribution in [0.1, 0.15) is 0 Å². The molecule has 0 heterocycles. The van der Waals surface area contributed by atoms with E-state index in [1.165, 1.54) is 0 Å². The topological polar surface area (TPSA) is 136 Å². The van der Waals surface area contributed by atoms with Gasteiger partial charge < -0.3 is 5.21 Å². The molecule has 0 aliphatic carbocycles. The molecular formula is CH2N4O5. The van der Waals surface area contributed by atoms with Crippen LogP contribution in [-0.4, -0.2) is 21.0 Å². The summed E-state index contributed by atoms with van der Waals surface area (Å²) < 4.78 is 0. The maximum Gasteiger partial charge on any atom is 0.674 e. The van der Waals surface area contributed by atoms with Crippen molar-refractivity contribution in [3.05, 3.63) is 25.4 Å². The molecule has 0 amide bonds. The minimum absolute atomic E-state index is 1.08. The van der Waals surface area contributed by atoms with Crippen molar-refractivity contribution in [3.63, 3.8) is 0 Å². The van der Waals surface area contributed by atoms with Crippen molar-refractivity contribution in [3.8, 4) is 0 Å². The third-order valence-electron chi connectivity index (χ3n) is 0.587. The molecule has 0 aromatic carbocycles. The van der Waals surface area contributed by atoms with Crippen LogP contribution in [0.4, 0.5) is 0 Å². The first kappa shape index (κ1) is 8.20. The lowest BCUT2D eigenvalue weighted by Crippen LogP contribution is -2.36. The monoisotopic (exact) mass is 150 g/mol. The van der Waals surface area contributed by atoms with Gasteiger partial charge in [-0.25, -0.2) is 0 Å². The van der Waals surface area contributed by atoms with Crippen molar-refractivity contribution in [2.45, 2.75) is 6.29 Å². The van der Waals surface area contributed by atoms with Crippen molar-refractivity contribution in [2.24, 2.45) is 0 Å². The average molecular weight is 150 g/mol. The molecule has 0 saturated carbocycles. The normalized spacial score (nSPS) is 9.30. The number of nitro groups is 2. The third kappa shape index (κ3) is 1.61. The van der Waals surface area contributed by atoms with Crippen LogP contribution in [0.25, 0.3) is 0 Å². The van der Waals surface area contributed by atoms with Gasteiger partial charge in [0.05, 0.1) is 0 Å². The number of hydroxylamine groups is 1. The summed E-state index contributed by atoms with van der Waals surface area (Å²) in [6.07, 6.45) is -2.72. The number of nitrogens with zero attached hydrogens (tertiary/aromatic N) is 3. The van der Waals surface area contributed by atoms with Crippen LogP contribution in [-0.2, 0) is 0 Å². The molecule has 0 fully saturated rings. The first-order chi connectivity index (χ1) is 4.46. The molecule has 0 saturated heterocycles. The summed E-state index contributed by atoms with van der Waals surface area (Å²) in [4.78, 5) is 15.2. The van der Waals surface area contributed by atoms with Gasteiger partial charge in [-0.2, -0.15) is 0 Å². The van der Waals surface area contributed by atoms with Gasteiger partial charge in [0.25, 0.3) is 0 Å². The number of hydrogen-bond donors (Lipinski definition) is 1. The Kier molecular flexibility index (Phi) is 2.18. The molecule has 0 atom stereocenters. The average Bonchev–Trinajstić information content (AvgIpc) is 1.59. The molecule has 0 rings (SSSR count). The van der Waals surface area contributed by atoms with Crippen molar-refractivity contribution in [2.75, 3.05) is 0 Å². The lowest BCUT2D eigenvalue weighted by Gasteiger charge is -1.95. The highest BCUT2D eigenvalue weighted by molar-refractivity contribution is 4.16. The van der Waals surface area contributed by atoms with Crippen LogP contribution in [0.15, 0.2) is 0 Å². The van der Waals surface area contributed by atoms with Crippen molar-refractivity contribution in [1.29, 1.82) is 5.53 Å². The van der Waals surface area contributed by atoms with Crippen LogP contribution >= 0.6 is 0 Å². The molecule has 0 aliphatic rings. The summed E-state index contributed by atoms with van der Waals surface area (Å²) in [5.74, 6) is 0. The predicted octanol–water partition coefficient (Wildman–Crippen LogP) is -0.635. The molecule has 0 bridgehead atoms. The summed E-state index contributed by atoms with van der Waals surface area (Å²) in [6.45, 7) is 0. The van der Waals surface area contributed by atoms with Gasteiger partial charge in [-0.15, -0.1) is 0 Å². The van der Waals surface area contributed by atoms with Gasteiger partial charge in [0, 0.05) is 4.86 Å². The van der Waals surface area contributed by atoms with Crippen LogP contribution in [0.3, 0.4) is 0 Å². The van der Waals surface area contributed by atoms with Gasteiger partial charge in [0.15, 0.2) is 9.85 Å².